The third-order valence-electron chi connectivity index (χ3n) is 8.04. The zero-order chi connectivity index (χ0) is 27.6. The van der Waals surface area contributed by atoms with Gasteiger partial charge in [-0.1, -0.05) is 121 Å². The molecule has 3 aromatic heterocycles. The number of benzene rings is 6. The van der Waals surface area contributed by atoms with Crippen LogP contribution in [0.5, 0.6) is 0 Å². The van der Waals surface area contributed by atoms with E-state index in [-0.39, 0.29) is 0 Å². The van der Waals surface area contributed by atoms with E-state index in [1.807, 2.05) is 72.8 Å². The lowest BCUT2D eigenvalue weighted by atomic mass is 9.99. The molecule has 0 radical (unpaired) electrons. The van der Waals surface area contributed by atoms with E-state index in [0.717, 1.165) is 54.9 Å². The summed E-state index contributed by atoms with van der Waals surface area (Å²) in [5.74, 6) is 1.78. The number of hydrogen-bond donors (Lipinski definition) is 0. The summed E-state index contributed by atoms with van der Waals surface area (Å²) in [6.07, 6.45) is 0. The number of fused-ring (bicyclic) bond motifs is 10. The number of aromatic nitrogens is 4. The summed E-state index contributed by atoms with van der Waals surface area (Å²) in [5.41, 5.74) is 5.49. The Morgan fingerprint density at radius 1 is 0.452 bits per heavy atom. The van der Waals surface area contributed by atoms with Crippen LogP contribution in [0.4, 0.5) is 0 Å². The molecule has 0 aliphatic carbocycles. The van der Waals surface area contributed by atoms with Gasteiger partial charge in [-0.15, -0.1) is 0 Å². The van der Waals surface area contributed by atoms with Crippen LogP contribution in [0.3, 0.4) is 0 Å². The first-order chi connectivity index (χ1) is 20.8. The molecule has 0 N–H and O–H groups in total. The van der Waals surface area contributed by atoms with Crippen molar-refractivity contribution in [1.82, 2.24) is 19.5 Å². The first-order valence-corrected chi connectivity index (χ1v) is 14.0. The van der Waals surface area contributed by atoms with Gasteiger partial charge in [0.15, 0.2) is 17.2 Å². The van der Waals surface area contributed by atoms with Crippen molar-refractivity contribution in [3.05, 3.63) is 133 Å². The van der Waals surface area contributed by atoms with Gasteiger partial charge in [-0.05, 0) is 22.9 Å². The summed E-state index contributed by atoms with van der Waals surface area (Å²) in [6, 6.07) is 45.4. The molecule has 3 heterocycles. The van der Waals surface area contributed by atoms with Crippen molar-refractivity contribution in [2.45, 2.75) is 0 Å². The van der Waals surface area contributed by atoms with E-state index >= 15 is 0 Å². The lowest BCUT2D eigenvalue weighted by molar-refractivity contribution is 0.671. The molecule has 9 rings (SSSR count). The Morgan fingerprint density at radius 2 is 0.976 bits per heavy atom. The summed E-state index contributed by atoms with van der Waals surface area (Å²) in [6.45, 7) is 0. The second-order valence-corrected chi connectivity index (χ2v) is 10.4. The maximum Gasteiger partial charge on any atom is 0.238 e. The van der Waals surface area contributed by atoms with E-state index in [1.54, 1.807) is 0 Å². The van der Waals surface area contributed by atoms with E-state index < -0.39 is 0 Å². The molecule has 0 saturated carbocycles. The van der Waals surface area contributed by atoms with Gasteiger partial charge in [0.2, 0.25) is 5.95 Å². The first kappa shape index (κ1) is 22.9. The van der Waals surface area contributed by atoms with E-state index in [4.69, 9.17) is 19.4 Å². The Hall–Kier alpha value is -5.81. The third-order valence-corrected chi connectivity index (χ3v) is 8.04. The van der Waals surface area contributed by atoms with Crippen LogP contribution in [0.1, 0.15) is 0 Å². The van der Waals surface area contributed by atoms with Crippen LogP contribution in [-0.4, -0.2) is 19.5 Å². The molecule has 0 bridgehead atoms. The molecule has 9 aromatic rings. The van der Waals surface area contributed by atoms with Crippen molar-refractivity contribution in [3.63, 3.8) is 0 Å². The van der Waals surface area contributed by atoms with Crippen molar-refractivity contribution in [1.29, 1.82) is 0 Å². The molecule has 0 fully saturated rings. The molecular formula is C37H22N4O. The maximum absolute atomic E-state index is 6.70. The standard InChI is InChI=1S/C37H22N4O/c1-3-13-23(14-4-1)35-38-36(24-15-5-2-6-16-24)40-37(39-35)41-29-21-11-9-19-27(29)31-25-17-7-8-18-26(25)32-28-20-10-12-22-30(28)42-34(32)33(31)41/h1-22H. The molecule has 5 heteroatoms. The van der Waals surface area contributed by atoms with Crippen LogP contribution in [0.25, 0.3) is 83.2 Å². The fraction of sp³-hybridized carbons (Fsp3) is 0. The number of hydrogen-bond acceptors (Lipinski definition) is 4. The molecule has 42 heavy (non-hydrogen) atoms. The van der Waals surface area contributed by atoms with E-state index in [0.29, 0.717) is 17.6 Å². The van der Waals surface area contributed by atoms with Crippen molar-refractivity contribution in [2.75, 3.05) is 0 Å². The van der Waals surface area contributed by atoms with Gasteiger partial charge in [0.25, 0.3) is 0 Å². The summed E-state index contributed by atoms with van der Waals surface area (Å²) >= 11 is 0. The molecule has 0 atom stereocenters. The number of nitrogens with zero attached hydrogens (tertiary/aromatic N) is 4. The molecule has 0 unspecified atom stereocenters. The van der Waals surface area contributed by atoms with E-state index in [9.17, 15) is 0 Å². The van der Waals surface area contributed by atoms with Gasteiger partial charge < -0.3 is 4.42 Å². The highest BCUT2D eigenvalue weighted by Gasteiger charge is 2.24. The summed E-state index contributed by atoms with van der Waals surface area (Å²) < 4.78 is 8.86. The molecule has 0 spiro atoms. The molecule has 0 aliphatic rings. The van der Waals surface area contributed by atoms with Crippen LogP contribution in [0.2, 0.25) is 0 Å². The highest BCUT2D eigenvalue weighted by Crippen LogP contribution is 2.45. The van der Waals surface area contributed by atoms with Crippen molar-refractivity contribution in [3.8, 4) is 28.7 Å². The molecule has 0 saturated heterocycles. The molecule has 0 aliphatic heterocycles. The van der Waals surface area contributed by atoms with Crippen molar-refractivity contribution in [2.24, 2.45) is 0 Å². The van der Waals surface area contributed by atoms with Crippen molar-refractivity contribution >= 4 is 54.5 Å². The van der Waals surface area contributed by atoms with Gasteiger partial charge in [-0.3, -0.25) is 4.57 Å². The Kier molecular flexibility index (Phi) is 4.83. The molecule has 196 valence electrons. The van der Waals surface area contributed by atoms with Gasteiger partial charge in [0.05, 0.1) is 5.52 Å². The van der Waals surface area contributed by atoms with Gasteiger partial charge >= 0.3 is 0 Å². The average Bonchev–Trinajstić information content (AvgIpc) is 3.62. The minimum atomic E-state index is 0.547. The summed E-state index contributed by atoms with van der Waals surface area (Å²) in [5, 5.41) is 6.76. The van der Waals surface area contributed by atoms with Crippen LogP contribution in [-0.2, 0) is 0 Å². The SMILES string of the molecule is c1ccc(-c2nc(-c3ccccc3)nc(-n3c4ccccc4c4c5ccccc5c5c6ccccc6oc5c43)n2)cc1. The predicted octanol–water partition coefficient (Wildman–Crippen LogP) is 9.36. The second kappa shape index (κ2) is 8.85. The summed E-state index contributed by atoms with van der Waals surface area (Å²) in [7, 11) is 0. The molecule has 5 nitrogen and oxygen atoms in total. The monoisotopic (exact) mass is 538 g/mol. The number of furan rings is 1. The highest BCUT2D eigenvalue weighted by atomic mass is 16.3. The van der Waals surface area contributed by atoms with Crippen LogP contribution in [0, 0.1) is 0 Å². The smallest absolute Gasteiger partial charge is 0.238 e. The maximum atomic E-state index is 6.70. The second-order valence-electron chi connectivity index (χ2n) is 10.4. The predicted molar refractivity (Wildman–Crippen MR) is 170 cm³/mol. The molecular weight excluding hydrogens is 516 g/mol. The van der Waals surface area contributed by atoms with E-state index in [2.05, 4.69) is 65.2 Å². The lowest BCUT2D eigenvalue weighted by Crippen LogP contribution is -2.06. The van der Waals surface area contributed by atoms with Gasteiger partial charge in [0.1, 0.15) is 11.1 Å². The van der Waals surface area contributed by atoms with Gasteiger partial charge in [-0.25, -0.2) is 4.98 Å². The van der Waals surface area contributed by atoms with Crippen LogP contribution < -0.4 is 0 Å². The fourth-order valence-electron chi connectivity index (χ4n) is 6.23. The minimum absolute atomic E-state index is 0.547. The van der Waals surface area contributed by atoms with Gasteiger partial charge in [0, 0.05) is 32.7 Å². The zero-order valence-corrected chi connectivity index (χ0v) is 22.4. The van der Waals surface area contributed by atoms with Gasteiger partial charge in [-0.2, -0.15) is 9.97 Å². The minimum Gasteiger partial charge on any atom is -0.454 e. The largest absolute Gasteiger partial charge is 0.454 e. The van der Waals surface area contributed by atoms with Crippen LogP contribution >= 0.6 is 0 Å². The molecule has 6 aromatic carbocycles. The number of para-hydroxylation sites is 2. The molecule has 0 amide bonds. The van der Waals surface area contributed by atoms with E-state index in [1.165, 1.54) is 10.8 Å². The lowest BCUT2D eigenvalue weighted by Gasteiger charge is -2.11. The Labute approximate surface area is 240 Å². The van der Waals surface area contributed by atoms with Crippen LogP contribution in [0.15, 0.2) is 138 Å². The number of rotatable bonds is 3. The quantitative estimate of drug-likeness (QED) is 0.225. The third kappa shape index (κ3) is 3.28. The average molecular weight is 539 g/mol. The normalized spacial score (nSPS) is 11.8. The Morgan fingerprint density at radius 3 is 1.64 bits per heavy atom. The Balaban J connectivity index is 1.50. The fourth-order valence-corrected chi connectivity index (χ4v) is 6.23. The first-order valence-electron chi connectivity index (χ1n) is 14.0. The van der Waals surface area contributed by atoms with Crippen molar-refractivity contribution < 1.29 is 4.42 Å². The Bertz CT molecular complexity index is 2400. The summed E-state index contributed by atoms with van der Waals surface area (Å²) in [4.78, 5) is 15.2. The highest BCUT2D eigenvalue weighted by molar-refractivity contribution is 6.34. The topological polar surface area (TPSA) is 56.7 Å². The zero-order valence-electron chi connectivity index (χ0n) is 22.4.